The Morgan fingerprint density at radius 3 is 2.52 bits per heavy atom. The Labute approximate surface area is 127 Å². The van der Waals surface area contributed by atoms with Crippen LogP contribution in [-0.4, -0.2) is 28.8 Å². The van der Waals surface area contributed by atoms with Crippen molar-refractivity contribution in [2.24, 2.45) is 5.41 Å². The zero-order valence-corrected chi connectivity index (χ0v) is 13.4. The number of carbonyl (C=O) groups is 1. The molecule has 0 spiro atoms. The van der Waals surface area contributed by atoms with E-state index in [1.807, 2.05) is 32.9 Å². The first-order chi connectivity index (χ1) is 9.84. The van der Waals surface area contributed by atoms with Crippen LogP contribution >= 0.6 is 0 Å². The molecule has 3 N–H and O–H groups in total. The summed E-state index contributed by atoms with van der Waals surface area (Å²) in [4.78, 5) is 16.0. The number of nitrogens with zero attached hydrogens (tertiary/aromatic N) is 1. The van der Waals surface area contributed by atoms with Gasteiger partial charge in [-0.25, -0.2) is 4.79 Å². The van der Waals surface area contributed by atoms with Crippen LogP contribution in [0.5, 0.6) is 0 Å². The standard InChI is InChI=1S/C16H27N3O2/c1-5-14(13-6-8-17-9-7-13)19-15(21)18-11-16(3,4)10-12(2)20/h6-9,12,14,20H,5,10-11H2,1-4H3,(H2,18,19,21). The fourth-order valence-corrected chi connectivity index (χ4v) is 2.42. The molecule has 21 heavy (non-hydrogen) atoms. The average molecular weight is 293 g/mol. The third-order valence-corrected chi connectivity index (χ3v) is 3.40. The molecule has 2 unspecified atom stereocenters. The van der Waals surface area contributed by atoms with Crippen LogP contribution in [0.1, 0.15) is 52.1 Å². The lowest BCUT2D eigenvalue weighted by molar-refractivity contribution is 0.128. The molecule has 1 heterocycles. The van der Waals surface area contributed by atoms with Crippen LogP contribution < -0.4 is 10.6 Å². The maximum atomic E-state index is 12.0. The van der Waals surface area contributed by atoms with Crippen molar-refractivity contribution in [3.63, 3.8) is 0 Å². The Kier molecular flexibility index (Phi) is 6.62. The fraction of sp³-hybridized carbons (Fsp3) is 0.625. The second-order valence-electron chi connectivity index (χ2n) is 6.29. The summed E-state index contributed by atoms with van der Waals surface area (Å²) in [6.45, 7) is 8.37. The van der Waals surface area contributed by atoms with E-state index in [4.69, 9.17) is 0 Å². The Morgan fingerprint density at radius 1 is 1.38 bits per heavy atom. The largest absolute Gasteiger partial charge is 0.393 e. The third kappa shape index (κ3) is 6.58. The van der Waals surface area contributed by atoms with E-state index in [1.165, 1.54) is 0 Å². The highest BCUT2D eigenvalue weighted by Crippen LogP contribution is 2.21. The minimum Gasteiger partial charge on any atom is -0.393 e. The highest BCUT2D eigenvalue weighted by Gasteiger charge is 2.21. The number of aliphatic hydroxyl groups excluding tert-OH is 1. The molecule has 1 aromatic rings. The van der Waals surface area contributed by atoms with Gasteiger partial charge in [0.05, 0.1) is 12.1 Å². The van der Waals surface area contributed by atoms with E-state index < -0.39 is 0 Å². The van der Waals surface area contributed by atoms with Gasteiger partial charge >= 0.3 is 6.03 Å². The van der Waals surface area contributed by atoms with Crippen LogP contribution in [0.25, 0.3) is 0 Å². The first-order valence-corrected chi connectivity index (χ1v) is 7.46. The van der Waals surface area contributed by atoms with E-state index in [2.05, 4.69) is 15.6 Å². The van der Waals surface area contributed by atoms with Crippen molar-refractivity contribution < 1.29 is 9.90 Å². The number of nitrogens with one attached hydrogen (secondary N) is 2. The lowest BCUT2D eigenvalue weighted by Crippen LogP contribution is -2.42. The molecule has 0 radical (unpaired) electrons. The summed E-state index contributed by atoms with van der Waals surface area (Å²) in [5.41, 5.74) is 0.912. The Bertz CT molecular complexity index is 432. The van der Waals surface area contributed by atoms with Gasteiger partial charge in [-0.2, -0.15) is 0 Å². The first kappa shape index (κ1) is 17.4. The molecular formula is C16H27N3O2. The lowest BCUT2D eigenvalue weighted by Gasteiger charge is -2.27. The number of hydrogen-bond acceptors (Lipinski definition) is 3. The van der Waals surface area contributed by atoms with Crippen molar-refractivity contribution in [2.45, 2.75) is 52.7 Å². The number of hydrogen-bond donors (Lipinski definition) is 3. The molecule has 2 amide bonds. The normalized spacial score (nSPS) is 14.3. The van der Waals surface area contributed by atoms with Crippen molar-refractivity contribution in [1.29, 1.82) is 0 Å². The van der Waals surface area contributed by atoms with Gasteiger partial charge in [0.25, 0.3) is 0 Å². The number of amides is 2. The molecule has 5 heteroatoms. The zero-order chi connectivity index (χ0) is 15.9. The van der Waals surface area contributed by atoms with Gasteiger partial charge in [-0.15, -0.1) is 0 Å². The summed E-state index contributed by atoms with van der Waals surface area (Å²) >= 11 is 0. The number of aliphatic hydroxyl groups is 1. The molecule has 0 aromatic carbocycles. The average Bonchev–Trinajstić information content (AvgIpc) is 2.42. The van der Waals surface area contributed by atoms with Crippen LogP contribution in [0, 0.1) is 5.41 Å². The summed E-state index contributed by atoms with van der Waals surface area (Å²) in [7, 11) is 0. The van der Waals surface area contributed by atoms with Gasteiger partial charge in [0.2, 0.25) is 0 Å². The van der Waals surface area contributed by atoms with E-state index in [0.29, 0.717) is 13.0 Å². The minimum absolute atomic E-state index is 0.0205. The number of rotatable bonds is 7. The summed E-state index contributed by atoms with van der Waals surface area (Å²) in [5.74, 6) is 0. The number of aromatic nitrogens is 1. The van der Waals surface area contributed by atoms with Crippen molar-refractivity contribution in [3.8, 4) is 0 Å². The second-order valence-corrected chi connectivity index (χ2v) is 6.29. The molecular weight excluding hydrogens is 266 g/mol. The van der Waals surface area contributed by atoms with Gasteiger partial charge in [-0.1, -0.05) is 20.8 Å². The molecule has 0 aliphatic rings. The van der Waals surface area contributed by atoms with Gasteiger partial charge in [0.15, 0.2) is 0 Å². The summed E-state index contributed by atoms with van der Waals surface area (Å²) in [6, 6.07) is 3.61. The van der Waals surface area contributed by atoms with Crippen molar-refractivity contribution in [3.05, 3.63) is 30.1 Å². The maximum absolute atomic E-state index is 12.0. The molecule has 5 nitrogen and oxygen atoms in total. The lowest BCUT2D eigenvalue weighted by atomic mass is 9.87. The predicted octanol–water partition coefficient (Wildman–Crippen LogP) is 2.63. The zero-order valence-electron chi connectivity index (χ0n) is 13.4. The fourth-order valence-electron chi connectivity index (χ4n) is 2.42. The van der Waals surface area contributed by atoms with Crippen molar-refractivity contribution in [1.82, 2.24) is 15.6 Å². The molecule has 2 atom stereocenters. The summed E-state index contributed by atoms with van der Waals surface area (Å²) in [5, 5.41) is 15.3. The maximum Gasteiger partial charge on any atom is 0.315 e. The van der Waals surface area contributed by atoms with Gasteiger partial charge < -0.3 is 15.7 Å². The van der Waals surface area contributed by atoms with Crippen LogP contribution in [-0.2, 0) is 0 Å². The smallest absolute Gasteiger partial charge is 0.315 e. The topological polar surface area (TPSA) is 74.2 Å². The highest BCUT2D eigenvalue weighted by molar-refractivity contribution is 5.74. The van der Waals surface area contributed by atoms with E-state index in [9.17, 15) is 9.90 Å². The molecule has 0 aliphatic carbocycles. The molecule has 0 saturated carbocycles. The van der Waals surface area contributed by atoms with Crippen LogP contribution in [0.3, 0.4) is 0 Å². The monoisotopic (exact) mass is 293 g/mol. The number of carbonyl (C=O) groups excluding carboxylic acids is 1. The van der Waals surface area contributed by atoms with Crippen molar-refractivity contribution >= 4 is 6.03 Å². The first-order valence-electron chi connectivity index (χ1n) is 7.46. The Morgan fingerprint density at radius 2 is 2.00 bits per heavy atom. The van der Waals surface area contributed by atoms with Gasteiger partial charge in [0, 0.05) is 18.9 Å². The predicted molar refractivity (Wildman–Crippen MR) is 83.9 cm³/mol. The minimum atomic E-state index is -0.370. The van der Waals surface area contributed by atoms with E-state index in [1.54, 1.807) is 19.3 Å². The van der Waals surface area contributed by atoms with Gasteiger partial charge in [-0.05, 0) is 42.9 Å². The molecule has 0 fully saturated rings. The summed E-state index contributed by atoms with van der Waals surface area (Å²) in [6.07, 6.45) is 4.54. The number of urea groups is 1. The third-order valence-electron chi connectivity index (χ3n) is 3.40. The van der Waals surface area contributed by atoms with E-state index in [-0.39, 0.29) is 23.6 Å². The SMILES string of the molecule is CCC(NC(=O)NCC(C)(C)CC(C)O)c1ccncc1. The van der Waals surface area contributed by atoms with E-state index in [0.717, 1.165) is 12.0 Å². The van der Waals surface area contributed by atoms with E-state index >= 15 is 0 Å². The Balaban J connectivity index is 2.49. The van der Waals surface area contributed by atoms with Crippen LogP contribution in [0.15, 0.2) is 24.5 Å². The Hall–Kier alpha value is -1.62. The molecule has 118 valence electrons. The van der Waals surface area contributed by atoms with Crippen molar-refractivity contribution in [2.75, 3.05) is 6.54 Å². The van der Waals surface area contributed by atoms with Crippen LogP contribution in [0.2, 0.25) is 0 Å². The molecule has 0 bridgehead atoms. The second kappa shape index (κ2) is 7.98. The molecule has 1 aromatic heterocycles. The number of pyridine rings is 1. The van der Waals surface area contributed by atoms with Gasteiger partial charge in [0.1, 0.15) is 0 Å². The molecule has 1 rings (SSSR count). The molecule has 0 saturated heterocycles. The highest BCUT2D eigenvalue weighted by atomic mass is 16.3. The van der Waals surface area contributed by atoms with Crippen LogP contribution in [0.4, 0.5) is 4.79 Å². The molecule has 0 aliphatic heterocycles. The quantitative estimate of drug-likeness (QED) is 0.723. The van der Waals surface area contributed by atoms with Gasteiger partial charge in [-0.3, -0.25) is 4.98 Å². The summed E-state index contributed by atoms with van der Waals surface area (Å²) < 4.78 is 0.